The molecule has 5 nitrogen and oxygen atoms in total. The van der Waals surface area contributed by atoms with E-state index in [2.05, 4.69) is 11.4 Å². The molecule has 0 aliphatic rings. The van der Waals surface area contributed by atoms with Gasteiger partial charge in [-0.3, -0.25) is 0 Å². The molecule has 128 valence electrons. The monoisotopic (exact) mass is 355 g/mol. The van der Waals surface area contributed by atoms with Gasteiger partial charge < -0.3 is 5.32 Å². The molecule has 0 unspecified atom stereocenters. The molecule has 23 heavy (non-hydrogen) atoms. The van der Waals surface area contributed by atoms with Crippen LogP contribution in [-0.2, 0) is 10.0 Å². The lowest BCUT2D eigenvalue weighted by Crippen LogP contribution is -2.38. The van der Waals surface area contributed by atoms with Crippen molar-refractivity contribution in [2.45, 2.75) is 31.6 Å². The summed E-state index contributed by atoms with van der Waals surface area (Å²) in [5, 5.41) is 11.7. The Morgan fingerprint density at radius 2 is 2.09 bits per heavy atom. The molecule has 0 bridgehead atoms. The highest BCUT2D eigenvalue weighted by Gasteiger charge is 2.30. The van der Waals surface area contributed by atoms with Gasteiger partial charge in [0, 0.05) is 25.7 Å². The summed E-state index contributed by atoms with van der Waals surface area (Å²) in [4.78, 5) is 0.287. The summed E-state index contributed by atoms with van der Waals surface area (Å²) in [5.41, 5.74) is 0.512. The highest BCUT2D eigenvalue weighted by molar-refractivity contribution is 7.99. The molecule has 0 aromatic heterocycles. The van der Waals surface area contributed by atoms with Crippen LogP contribution in [0, 0.1) is 16.7 Å². The van der Waals surface area contributed by atoms with E-state index >= 15 is 0 Å². The molecule has 1 rings (SSSR count). The van der Waals surface area contributed by atoms with E-state index in [-0.39, 0.29) is 10.3 Å². The molecule has 0 saturated heterocycles. The molecular formula is C16H25N3O2S2. The van der Waals surface area contributed by atoms with Crippen molar-refractivity contribution in [2.75, 3.05) is 31.0 Å². The number of nitriles is 1. The van der Waals surface area contributed by atoms with Crippen LogP contribution in [0.3, 0.4) is 0 Å². The average molecular weight is 356 g/mol. The van der Waals surface area contributed by atoms with E-state index in [1.807, 2.05) is 26.2 Å². The topological polar surface area (TPSA) is 73.2 Å². The number of sulfonamides is 1. The normalized spacial score (nSPS) is 12.2. The van der Waals surface area contributed by atoms with Gasteiger partial charge in [-0.25, -0.2) is 8.42 Å². The Bertz CT molecular complexity index is 652. The summed E-state index contributed by atoms with van der Waals surface area (Å²) in [7, 11) is -1.80. The first-order valence-corrected chi connectivity index (χ1v) is 10.2. The number of hydrogen-bond acceptors (Lipinski definition) is 5. The van der Waals surface area contributed by atoms with Gasteiger partial charge in [0.2, 0.25) is 10.0 Å². The average Bonchev–Trinajstić information content (AvgIpc) is 2.52. The van der Waals surface area contributed by atoms with Crippen LogP contribution in [0.5, 0.6) is 0 Å². The maximum Gasteiger partial charge on any atom is 0.243 e. The van der Waals surface area contributed by atoms with E-state index in [0.29, 0.717) is 25.3 Å². The summed E-state index contributed by atoms with van der Waals surface area (Å²) >= 11 is 1.47. The molecule has 0 aliphatic heterocycles. The molecule has 0 heterocycles. The SMILES string of the molecule is CNc1cccc(S(=O)(=O)N(CSC)CC(C)(C)CCC#N)c1. The molecule has 0 fully saturated rings. The lowest BCUT2D eigenvalue weighted by Gasteiger charge is -2.31. The van der Waals surface area contributed by atoms with E-state index in [4.69, 9.17) is 5.26 Å². The van der Waals surface area contributed by atoms with Crippen LogP contribution in [0.25, 0.3) is 0 Å². The lowest BCUT2D eigenvalue weighted by molar-refractivity contribution is 0.262. The highest BCUT2D eigenvalue weighted by atomic mass is 32.2. The van der Waals surface area contributed by atoms with Crippen molar-refractivity contribution in [1.29, 1.82) is 5.26 Å². The largest absolute Gasteiger partial charge is 0.388 e. The van der Waals surface area contributed by atoms with Crippen LogP contribution in [0.15, 0.2) is 29.2 Å². The molecule has 0 aliphatic carbocycles. The van der Waals surface area contributed by atoms with E-state index in [0.717, 1.165) is 5.69 Å². The first kappa shape index (κ1) is 19.8. The van der Waals surface area contributed by atoms with Gasteiger partial charge >= 0.3 is 0 Å². The Labute approximate surface area is 144 Å². The smallest absolute Gasteiger partial charge is 0.243 e. The molecule has 0 saturated carbocycles. The van der Waals surface area contributed by atoms with Crippen molar-refractivity contribution >= 4 is 27.5 Å². The number of nitrogens with zero attached hydrogens (tertiary/aromatic N) is 2. The summed E-state index contributed by atoms with van der Waals surface area (Å²) < 4.78 is 27.4. The summed E-state index contributed by atoms with van der Waals surface area (Å²) in [5.74, 6) is 0.391. The Hall–Kier alpha value is -1.23. The number of rotatable bonds is 9. The van der Waals surface area contributed by atoms with Gasteiger partial charge in [-0.15, -0.1) is 11.8 Å². The fourth-order valence-electron chi connectivity index (χ4n) is 2.26. The van der Waals surface area contributed by atoms with Gasteiger partial charge in [0.1, 0.15) is 0 Å². The van der Waals surface area contributed by atoms with Gasteiger partial charge in [-0.2, -0.15) is 9.57 Å². The number of anilines is 1. The van der Waals surface area contributed by atoms with Crippen LogP contribution in [0.1, 0.15) is 26.7 Å². The molecule has 0 spiro atoms. The number of benzene rings is 1. The second-order valence-electron chi connectivity index (χ2n) is 6.13. The molecular weight excluding hydrogens is 330 g/mol. The molecule has 0 atom stereocenters. The molecule has 0 radical (unpaired) electrons. The minimum atomic E-state index is -3.56. The molecule has 0 amide bonds. The summed E-state index contributed by atoms with van der Waals surface area (Å²) in [6.07, 6.45) is 2.98. The van der Waals surface area contributed by atoms with Gasteiger partial charge in [0.15, 0.2) is 0 Å². The summed E-state index contributed by atoms with van der Waals surface area (Å²) in [6, 6.07) is 8.95. The van der Waals surface area contributed by atoms with Crippen molar-refractivity contribution in [3.8, 4) is 6.07 Å². The van der Waals surface area contributed by atoms with Crippen LogP contribution in [0.4, 0.5) is 5.69 Å². The quantitative estimate of drug-likeness (QED) is 0.688. The van der Waals surface area contributed by atoms with Crippen molar-refractivity contribution < 1.29 is 8.42 Å². The van der Waals surface area contributed by atoms with Crippen LogP contribution in [-0.4, -0.2) is 38.4 Å². The summed E-state index contributed by atoms with van der Waals surface area (Å²) in [6.45, 7) is 4.38. The number of hydrogen-bond donors (Lipinski definition) is 1. The van der Waals surface area contributed by atoms with E-state index in [1.54, 1.807) is 25.2 Å². The van der Waals surface area contributed by atoms with E-state index < -0.39 is 10.0 Å². The van der Waals surface area contributed by atoms with Gasteiger partial charge in [0.05, 0.1) is 16.8 Å². The molecule has 1 aromatic rings. The predicted octanol–water partition coefficient (Wildman–Crippen LogP) is 3.37. The Balaban J connectivity index is 3.09. The van der Waals surface area contributed by atoms with Crippen molar-refractivity contribution in [2.24, 2.45) is 5.41 Å². The van der Waals surface area contributed by atoms with Gasteiger partial charge in [0.25, 0.3) is 0 Å². The second kappa shape index (κ2) is 8.57. The Kier molecular flexibility index (Phi) is 7.39. The fraction of sp³-hybridized carbons (Fsp3) is 0.562. The molecule has 1 N–H and O–H groups in total. The third kappa shape index (κ3) is 5.72. The number of nitrogens with one attached hydrogen (secondary N) is 1. The van der Waals surface area contributed by atoms with E-state index in [1.165, 1.54) is 16.1 Å². The second-order valence-corrected chi connectivity index (χ2v) is 8.91. The predicted molar refractivity (Wildman–Crippen MR) is 96.9 cm³/mol. The minimum Gasteiger partial charge on any atom is -0.388 e. The van der Waals surface area contributed by atoms with Crippen LogP contribution >= 0.6 is 11.8 Å². The van der Waals surface area contributed by atoms with Crippen molar-refractivity contribution in [1.82, 2.24) is 4.31 Å². The Morgan fingerprint density at radius 1 is 1.39 bits per heavy atom. The van der Waals surface area contributed by atoms with Crippen LogP contribution in [0.2, 0.25) is 0 Å². The zero-order valence-electron chi connectivity index (χ0n) is 14.2. The highest BCUT2D eigenvalue weighted by Crippen LogP contribution is 2.28. The van der Waals surface area contributed by atoms with Crippen LogP contribution < -0.4 is 5.32 Å². The first-order chi connectivity index (χ1) is 10.8. The Morgan fingerprint density at radius 3 is 2.65 bits per heavy atom. The standard InChI is InChI=1S/C16H25N3O2S2/c1-16(2,9-6-10-17)12-19(13-22-4)23(20,21)15-8-5-7-14(11-15)18-3/h5,7-8,11,18H,6,9,12-13H2,1-4H3. The molecule has 7 heteroatoms. The van der Waals surface area contributed by atoms with Crippen molar-refractivity contribution in [3.05, 3.63) is 24.3 Å². The molecule has 1 aromatic carbocycles. The lowest BCUT2D eigenvalue weighted by atomic mass is 9.88. The fourth-order valence-corrected chi connectivity index (χ4v) is 4.85. The third-order valence-electron chi connectivity index (χ3n) is 3.55. The number of thioether (sulfide) groups is 1. The third-order valence-corrected chi connectivity index (χ3v) is 6.07. The minimum absolute atomic E-state index is 0.251. The first-order valence-electron chi connectivity index (χ1n) is 7.41. The maximum absolute atomic E-state index is 13.0. The maximum atomic E-state index is 13.0. The van der Waals surface area contributed by atoms with Gasteiger partial charge in [-0.1, -0.05) is 19.9 Å². The van der Waals surface area contributed by atoms with Gasteiger partial charge in [-0.05, 0) is 36.3 Å². The van der Waals surface area contributed by atoms with E-state index in [9.17, 15) is 8.42 Å². The zero-order chi connectivity index (χ0) is 17.5. The van der Waals surface area contributed by atoms with Crippen molar-refractivity contribution in [3.63, 3.8) is 0 Å². The zero-order valence-corrected chi connectivity index (χ0v) is 15.8.